The molecule has 3 heterocycles. The number of carboxylic acids is 1. The van der Waals surface area contributed by atoms with Crippen molar-refractivity contribution in [2.24, 2.45) is 4.99 Å². The molecule has 0 aromatic heterocycles. The summed E-state index contributed by atoms with van der Waals surface area (Å²) in [6, 6.07) is 6.96. The molecule has 8 heteroatoms. The highest BCUT2D eigenvalue weighted by Gasteiger charge is 2.42. The molecule has 0 saturated carbocycles. The topological polar surface area (TPSA) is 82.4 Å². The van der Waals surface area contributed by atoms with Gasteiger partial charge in [0.2, 0.25) is 0 Å². The first-order chi connectivity index (χ1) is 18.1. The zero-order valence-corrected chi connectivity index (χ0v) is 23.9. The number of ether oxygens (including phenoxy) is 1. The second-order valence-electron chi connectivity index (χ2n) is 11.2. The molecular formula is C30H37N3O4Si. The minimum Gasteiger partial charge on any atom is -0.481 e. The van der Waals surface area contributed by atoms with E-state index in [0.29, 0.717) is 25.0 Å². The molecule has 200 valence electrons. The van der Waals surface area contributed by atoms with Gasteiger partial charge in [-0.05, 0) is 77.4 Å². The zero-order valence-electron chi connectivity index (χ0n) is 22.9. The second kappa shape index (κ2) is 10.1. The summed E-state index contributed by atoms with van der Waals surface area (Å²) in [7, 11) is 2.13. The number of carboxylic acid groups (broad SMARTS) is 1. The molecule has 1 N–H and O–H groups in total. The van der Waals surface area contributed by atoms with E-state index in [-0.39, 0.29) is 13.0 Å². The van der Waals surface area contributed by atoms with Gasteiger partial charge in [0.1, 0.15) is 8.07 Å². The molecule has 0 saturated heterocycles. The van der Waals surface area contributed by atoms with E-state index in [1.54, 1.807) is 0 Å². The SMILES string of the molecule is C=Cc1c2c(cc3c1/C(=N/C(=O)OCCCCCC(=O)O)c1cc4c(cc1[Si]3(C)C)N(C)CC4)N(C)CC2. The van der Waals surface area contributed by atoms with E-state index in [1.807, 2.05) is 6.08 Å². The van der Waals surface area contributed by atoms with Crippen molar-refractivity contribution in [3.05, 3.63) is 52.6 Å². The average molecular weight is 532 g/mol. The van der Waals surface area contributed by atoms with E-state index >= 15 is 0 Å². The number of rotatable bonds is 7. The number of carbonyl (C=O) groups excluding carboxylic acids is 1. The van der Waals surface area contributed by atoms with Crippen molar-refractivity contribution in [2.45, 2.75) is 51.6 Å². The van der Waals surface area contributed by atoms with E-state index in [0.717, 1.165) is 42.6 Å². The predicted octanol–water partition coefficient (Wildman–Crippen LogP) is 4.07. The van der Waals surface area contributed by atoms with Crippen molar-refractivity contribution >= 4 is 53.7 Å². The van der Waals surface area contributed by atoms with Crippen LogP contribution in [0.2, 0.25) is 13.1 Å². The number of carbonyl (C=O) groups is 2. The Labute approximate surface area is 225 Å². The standard InChI is InChI=1S/C30H37N3O4Si/c1-6-20-21-12-14-33(3)24(21)18-26-28(20)29(31-30(36)37-15-9-7-8-10-27(34)35)22-16-19-11-13-32(2)23(19)17-25(22)38(26,4)5/h6,16-18H,1,7-15H2,2-5H3,(H,34,35)/b31-29+. The number of hydrogen-bond donors (Lipinski definition) is 1. The molecule has 3 aliphatic heterocycles. The van der Waals surface area contributed by atoms with Crippen molar-refractivity contribution in [3.8, 4) is 0 Å². The largest absolute Gasteiger partial charge is 0.481 e. The van der Waals surface area contributed by atoms with Crippen LogP contribution in [0.5, 0.6) is 0 Å². The number of anilines is 2. The normalized spacial score (nSPS) is 17.6. The number of benzene rings is 2. The Hall–Kier alpha value is -3.39. The third kappa shape index (κ3) is 4.44. The average Bonchev–Trinajstić information content (AvgIpc) is 3.43. The molecule has 0 unspecified atom stereocenters. The van der Waals surface area contributed by atoms with Crippen LogP contribution < -0.4 is 20.2 Å². The molecule has 0 aliphatic carbocycles. The number of unbranched alkanes of at least 4 members (excludes halogenated alkanes) is 2. The van der Waals surface area contributed by atoms with E-state index in [4.69, 9.17) is 9.84 Å². The van der Waals surface area contributed by atoms with Gasteiger partial charge in [0.25, 0.3) is 0 Å². The molecule has 2 aromatic carbocycles. The van der Waals surface area contributed by atoms with Crippen LogP contribution in [0.1, 0.15) is 53.5 Å². The molecule has 7 nitrogen and oxygen atoms in total. The number of likely N-dealkylation sites (N-methyl/N-ethyl adjacent to an activating group) is 2. The van der Waals surface area contributed by atoms with Crippen molar-refractivity contribution < 1.29 is 19.4 Å². The fourth-order valence-corrected chi connectivity index (χ4v) is 9.28. The lowest BCUT2D eigenvalue weighted by molar-refractivity contribution is -0.137. The van der Waals surface area contributed by atoms with Crippen LogP contribution in [0.3, 0.4) is 0 Å². The Balaban J connectivity index is 1.59. The van der Waals surface area contributed by atoms with E-state index in [9.17, 15) is 9.59 Å². The van der Waals surface area contributed by atoms with Gasteiger partial charge < -0.3 is 19.6 Å². The highest BCUT2D eigenvalue weighted by Crippen LogP contribution is 2.37. The molecule has 0 fully saturated rings. The summed E-state index contributed by atoms with van der Waals surface area (Å²) in [6.07, 6.45) is 5.29. The number of hydrogen-bond acceptors (Lipinski definition) is 5. The van der Waals surface area contributed by atoms with Crippen LogP contribution in [-0.2, 0) is 22.4 Å². The van der Waals surface area contributed by atoms with Crippen LogP contribution in [0.4, 0.5) is 16.2 Å². The van der Waals surface area contributed by atoms with Crippen LogP contribution in [0.25, 0.3) is 6.08 Å². The van der Waals surface area contributed by atoms with E-state index < -0.39 is 20.1 Å². The van der Waals surface area contributed by atoms with Gasteiger partial charge in [-0.1, -0.05) is 25.7 Å². The number of amides is 1. The summed E-state index contributed by atoms with van der Waals surface area (Å²) in [5.74, 6) is -0.803. The minimum atomic E-state index is -2.15. The Bertz CT molecular complexity index is 1360. The molecule has 0 bridgehead atoms. The number of nitrogens with zero attached hydrogens (tertiary/aromatic N) is 3. The van der Waals surface area contributed by atoms with Gasteiger partial charge in [0.05, 0.1) is 12.3 Å². The van der Waals surface area contributed by atoms with E-state index in [2.05, 4.69) is 66.8 Å². The second-order valence-corrected chi connectivity index (χ2v) is 15.5. The van der Waals surface area contributed by atoms with E-state index in [1.165, 1.54) is 32.9 Å². The maximum atomic E-state index is 13.1. The summed E-state index contributed by atoms with van der Waals surface area (Å²) >= 11 is 0. The van der Waals surface area contributed by atoms with Gasteiger partial charge in [-0.3, -0.25) is 4.79 Å². The lowest BCUT2D eigenvalue weighted by atomic mass is 9.90. The smallest absolute Gasteiger partial charge is 0.434 e. The van der Waals surface area contributed by atoms with Gasteiger partial charge in [-0.25, -0.2) is 4.79 Å². The zero-order chi connectivity index (χ0) is 27.2. The van der Waals surface area contributed by atoms with Crippen molar-refractivity contribution in [3.63, 3.8) is 0 Å². The molecule has 3 aliphatic rings. The first-order valence-electron chi connectivity index (χ1n) is 13.5. The lowest BCUT2D eigenvalue weighted by Gasteiger charge is -2.37. The van der Waals surface area contributed by atoms with Gasteiger partial charge >= 0.3 is 12.1 Å². The third-order valence-corrected chi connectivity index (χ3v) is 11.9. The minimum absolute atomic E-state index is 0.132. The molecule has 5 rings (SSSR count). The van der Waals surface area contributed by atoms with Crippen molar-refractivity contribution in [2.75, 3.05) is 43.6 Å². The number of fused-ring (bicyclic) bond motifs is 4. The Morgan fingerprint density at radius 3 is 2.50 bits per heavy atom. The lowest BCUT2D eigenvalue weighted by Crippen LogP contribution is -2.60. The summed E-state index contributed by atoms with van der Waals surface area (Å²) in [5, 5.41) is 11.4. The van der Waals surface area contributed by atoms with Gasteiger partial charge in [-0.2, -0.15) is 4.99 Å². The summed E-state index contributed by atoms with van der Waals surface area (Å²) in [4.78, 5) is 33.1. The highest BCUT2D eigenvalue weighted by atomic mass is 28.3. The fraction of sp³-hybridized carbons (Fsp3) is 0.433. The number of aliphatic imine (C=N–C) groups is 1. The van der Waals surface area contributed by atoms with Crippen LogP contribution in [-0.4, -0.2) is 64.7 Å². The van der Waals surface area contributed by atoms with Crippen LogP contribution in [0, 0.1) is 0 Å². The highest BCUT2D eigenvalue weighted by molar-refractivity contribution is 7.03. The molecule has 0 atom stereocenters. The Morgan fingerprint density at radius 2 is 1.76 bits per heavy atom. The molecule has 0 spiro atoms. The first-order valence-corrected chi connectivity index (χ1v) is 16.5. The molecule has 0 radical (unpaired) electrons. The predicted molar refractivity (Wildman–Crippen MR) is 157 cm³/mol. The summed E-state index contributed by atoms with van der Waals surface area (Å²) < 4.78 is 5.52. The molecular weight excluding hydrogens is 494 g/mol. The van der Waals surface area contributed by atoms with Crippen LogP contribution >= 0.6 is 0 Å². The summed E-state index contributed by atoms with van der Waals surface area (Å²) in [6.45, 7) is 11.2. The Kier molecular flexibility index (Phi) is 6.94. The van der Waals surface area contributed by atoms with Crippen LogP contribution in [0.15, 0.2) is 29.8 Å². The molecule has 1 amide bonds. The summed E-state index contributed by atoms with van der Waals surface area (Å²) in [5.41, 5.74) is 8.98. The van der Waals surface area contributed by atoms with Gasteiger partial charge in [-0.15, -0.1) is 0 Å². The molecule has 38 heavy (non-hydrogen) atoms. The Morgan fingerprint density at radius 1 is 1.05 bits per heavy atom. The van der Waals surface area contributed by atoms with Gasteiger partial charge in [0.15, 0.2) is 0 Å². The van der Waals surface area contributed by atoms with Crippen molar-refractivity contribution in [1.82, 2.24) is 0 Å². The van der Waals surface area contributed by atoms with Crippen molar-refractivity contribution in [1.29, 1.82) is 0 Å². The fourth-order valence-electron chi connectivity index (χ4n) is 6.25. The first kappa shape index (κ1) is 26.2. The molecule has 2 aromatic rings. The quantitative estimate of drug-likeness (QED) is 0.429. The monoisotopic (exact) mass is 531 g/mol. The van der Waals surface area contributed by atoms with Gasteiger partial charge in [0, 0.05) is 56.1 Å². The number of aliphatic carboxylic acids is 1. The maximum Gasteiger partial charge on any atom is 0.434 e. The third-order valence-electron chi connectivity index (χ3n) is 8.42. The maximum absolute atomic E-state index is 13.1.